The van der Waals surface area contributed by atoms with Gasteiger partial charge in [-0.1, -0.05) is 12.1 Å². The summed E-state index contributed by atoms with van der Waals surface area (Å²) in [6, 6.07) is 8.56. The van der Waals surface area contributed by atoms with Gasteiger partial charge in [0.1, 0.15) is 5.82 Å². The monoisotopic (exact) mass is 268 g/mol. The number of imidazole rings is 1. The lowest BCUT2D eigenvalue weighted by molar-refractivity contribution is 0.112. The summed E-state index contributed by atoms with van der Waals surface area (Å²) < 4.78 is 15.7. The van der Waals surface area contributed by atoms with E-state index in [1.165, 1.54) is 12.1 Å². The minimum Gasteiger partial charge on any atom is -0.334 e. The van der Waals surface area contributed by atoms with Gasteiger partial charge in [0.25, 0.3) is 0 Å². The Morgan fingerprint density at radius 2 is 2.05 bits per heavy atom. The SMILES string of the molecule is Cc1c(-c2ccc(C=O)c(F)c2)ccc2c1ncn2C. The van der Waals surface area contributed by atoms with Crippen LogP contribution < -0.4 is 0 Å². The molecule has 100 valence electrons. The molecule has 0 atom stereocenters. The van der Waals surface area contributed by atoms with E-state index < -0.39 is 5.82 Å². The molecule has 3 aromatic rings. The van der Waals surface area contributed by atoms with Gasteiger partial charge < -0.3 is 4.57 Å². The third-order valence-corrected chi connectivity index (χ3v) is 3.59. The molecular weight excluding hydrogens is 255 g/mol. The summed E-state index contributed by atoms with van der Waals surface area (Å²) >= 11 is 0. The Morgan fingerprint density at radius 3 is 2.75 bits per heavy atom. The molecule has 1 aromatic heterocycles. The highest BCUT2D eigenvalue weighted by Gasteiger charge is 2.11. The summed E-state index contributed by atoms with van der Waals surface area (Å²) in [5, 5.41) is 0. The van der Waals surface area contributed by atoms with Crippen molar-refractivity contribution in [1.82, 2.24) is 9.55 Å². The van der Waals surface area contributed by atoms with Crippen molar-refractivity contribution in [1.29, 1.82) is 0 Å². The summed E-state index contributed by atoms with van der Waals surface area (Å²) in [7, 11) is 1.94. The van der Waals surface area contributed by atoms with E-state index in [1.54, 1.807) is 12.4 Å². The van der Waals surface area contributed by atoms with Crippen molar-refractivity contribution >= 4 is 17.3 Å². The standard InChI is InChI=1S/C16H13FN2O/c1-10-13(5-6-15-16(10)18-9-19(15)2)11-3-4-12(8-20)14(17)7-11/h3-9H,1-2H3. The number of hydrogen-bond donors (Lipinski definition) is 0. The molecule has 0 aliphatic heterocycles. The van der Waals surface area contributed by atoms with E-state index in [1.807, 2.05) is 30.7 Å². The number of rotatable bonds is 2. The third kappa shape index (κ3) is 1.81. The van der Waals surface area contributed by atoms with Gasteiger partial charge in [-0.15, -0.1) is 0 Å². The molecule has 0 aliphatic rings. The first-order chi connectivity index (χ1) is 9.61. The second kappa shape index (κ2) is 4.56. The molecule has 3 rings (SSSR count). The molecule has 0 spiro atoms. The maximum absolute atomic E-state index is 13.7. The normalized spacial score (nSPS) is 10.9. The number of hydrogen-bond acceptors (Lipinski definition) is 2. The predicted octanol–water partition coefficient (Wildman–Crippen LogP) is 3.50. The van der Waals surface area contributed by atoms with Crippen molar-refractivity contribution in [3.05, 3.63) is 53.6 Å². The molecule has 20 heavy (non-hydrogen) atoms. The molecule has 0 amide bonds. The third-order valence-electron chi connectivity index (χ3n) is 3.59. The zero-order valence-corrected chi connectivity index (χ0v) is 11.2. The predicted molar refractivity (Wildman–Crippen MR) is 76.2 cm³/mol. The van der Waals surface area contributed by atoms with Gasteiger partial charge in [-0.25, -0.2) is 9.37 Å². The number of benzene rings is 2. The fourth-order valence-corrected chi connectivity index (χ4v) is 2.44. The summed E-state index contributed by atoms with van der Waals surface area (Å²) in [4.78, 5) is 15.0. The first-order valence-corrected chi connectivity index (χ1v) is 6.27. The Kier molecular flexibility index (Phi) is 2.86. The molecular formula is C16H13FN2O. The Bertz CT molecular complexity index is 821. The first kappa shape index (κ1) is 12.5. The smallest absolute Gasteiger partial charge is 0.152 e. The van der Waals surface area contributed by atoms with Crippen LogP contribution in [0.5, 0.6) is 0 Å². The topological polar surface area (TPSA) is 34.9 Å². The number of halogens is 1. The molecule has 0 fully saturated rings. The van der Waals surface area contributed by atoms with E-state index in [0.29, 0.717) is 6.29 Å². The van der Waals surface area contributed by atoms with Crippen LogP contribution in [-0.2, 0) is 7.05 Å². The van der Waals surface area contributed by atoms with Crippen molar-refractivity contribution in [2.45, 2.75) is 6.92 Å². The highest BCUT2D eigenvalue weighted by molar-refractivity contribution is 5.87. The molecule has 4 heteroatoms. The number of carbonyl (C=O) groups is 1. The van der Waals surface area contributed by atoms with Crippen LogP contribution in [0.25, 0.3) is 22.2 Å². The van der Waals surface area contributed by atoms with E-state index >= 15 is 0 Å². The van der Waals surface area contributed by atoms with Gasteiger partial charge in [0.15, 0.2) is 6.29 Å². The van der Waals surface area contributed by atoms with Gasteiger partial charge in [0.2, 0.25) is 0 Å². The van der Waals surface area contributed by atoms with Crippen molar-refractivity contribution in [3.63, 3.8) is 0 Å². The molecule has 0 bridgehead atoms. The molecule has 0 saturated heterocycles. The highest BCUT2D eigenvalue weighted by atomic mass is 19.1. The minimum atomic E-state index is -0.502. The van der Waals surface area contributed by atoms with E-state index in [-0.39, 0.29) is 5.56 Å². The van der Waals surface area contributed by atoms with Crippen LogP contribution in [0.15, 0.2) is 36.7 Å². The second-order valence-corrected chi connectivity index (χ2v) is 4.82. The molecule has 0 unspecified atom stereocenters. The van der Waals surface area contributed by atoms with Crippen LogP contribution in [0.1, 0.15) is 15.9 Å². The van der Waals surface area contributed by atoms with Crippen LogP contribution in [0, 0.1) is 12.7 Å². The van der Waals surface area contributed by atoms with Gasteiger partial charge in [0, 0.05) is 7.05 Å². The van der Waals surface area contributed by atoms with Gasteiger partial charge in [-0.2, -0.15) is 0 Å². The van der Waals surface area contributed by atoms with Crippen molar-refractivity contribution < 1.29 is 9.18 Å². The van der Waals surface area contributed by atoms with E-state index in [9.17, 15) is 9.18 Å². The number of aryl methyl sites for hydroxylation is 2. The largest absolute Gasteiger partial charge is 0.334 e. The van der Waals surface area contributed by atoms with Crippen molar-refractivity contribution in [3.8, 4) is 11.1 Å². The maximum Gasteiger partial charge on any atom is 0.152 e. The van der Waals surface area contributed by atoms with Gasteiger partial charge in [0.05, 0.1) is 22.9 Å². The summed E-state index contributed by atoms with van der Waals surface area (Å²) in [5.74, 6) is -0.502. The number of aromatic nitrogens is 2. The van der Waals surface area contributed by atoms with Gasteiger partial charge >= 0.3 is 0 Å². The Balaban J connectivity index is 2.21. The Hall–Kier alpha value is -2.49. The molecule has 0 N–H and O–H groups in total. The molecule has 0 radical (unpaired) electrons. The number of fused-ring (bicyclic) bond motifs is 1. The molecule has 1 heterocycles. The molecule has 3 nitrogen and oxygen atoms in total. The molecule has 0 aliphatic carbocycles. The molecule has 0 saturated carbocycles. The summed E-state index contributed by atoms with van der Waals surface area (Å²) in [6.07, 6.45) is 2.28. The van der Waals surface area contributed by atoms with Crippen molar-refractivity contribution in [2.24, 2.45) is 7.05 Å². The Morgan fingerprint density at radius 1 is 1.25 bits per heavy atom. The lowest BCUT2D eigenvalue weighted by Gasteiger charge is -2.08. The average molecular weight is 268 g/mol. The summed E-state index contributed by atoms with van der Waals surface area (Å²) in [6.45, 7) is 1.97. The van der Waals surface area contributed by atoms with Crippen LogP contribution >= 0.6 is 0 Å². The van der Waals surface area contributed by atoms with Crippen molar-refractivity contribution in [2.75, 3.05) is 0 Å². The Labute approximate surface area is 115 Å². The average Bonchev–Trinajstić information content (AvgIpc) is 2.82. The quantitative estimate of drug-likeness (QED) is 0.667. The zero-order valence-electron chi connectivity index (χ0n) is 11.2. The van der Waals surface area contributed by atoms with Crippen LogP contribution in [0.2, 0.25) is 0 Å². The van der Waals surface area contributed by atoms with E-state index in [0.717, 1.165) is 27.7 Å². The number of aldehydes is 1. The number of carbonyl (C=O) groups excluding carboxylic acids is 1. The fraction of sp³-hybridized carbons (Fsp3) is 0.125. The molecule has 2 aromatic carbocycles. The maximum atomic E-state index is 13.7. The van der Waals surface area contributed by atoms with E-state index in [2.05, 4.69) is 4.98 Å². The lowest BCUT2D eigenvalue weighted by atomic mass is 9.98. The fourth-order valence-electron chi connectivity index (χ4n) is 2.44. The van der Waals surface area contributed by atoms with Gasteiger partial charge in [-0.3, -0.25) is 4.79 Å². The number of nitrogens with zero attached hydrogens (tertiary/aromatic N) is 2. The van der Waals surface area contributed by atoms with E-state index in [4.69, 9.17) is 0 Å². The zero-order chi connectivity index (χ0) is 14.3. The summed E-state index contributed by atoms with van der Waals surface area (Å²) in [5.41, 5.74) is 4.69. The van der Waals surface area contributed by atoms with Crippen LogP contribution in [-0.4, -0.2) is 15.8 Å². The second-order valence-electron chi connectivity index (χ2n) is 4.82. The lowest BCUT2D eigenvalue weighted by Crippen LogP contribution is -1.91. The van der Waals surface area contributed by atoms with Crippen LogP contribution in [0.3, 0.4) is 0 Å². The first-order valence-electron chi connectivity index (χ1n) is 6.27. The van der Waals surface area contributed by atoms with Crippen LogP contribution in [0.4, 0.5) is 4.39 Å². The highest BCUT2D eigenvalue weighted by Crippen LogP contribution is 2.29. The minimum absolute atomic E-state index is 0.0744. The van der Waals surface area contributed by atoms with Gasteiger partial charge in [-0.05, 0) is 41.8 Å².